The van der Waals surface area contributed by atoms with Gasteiger partial charge in [-0.05, 0) is 28.0 Å². The fraction of sp³-hybridized carbons (Fsp3) is 0.190. The number of benzene rings is 2. The average Bonchev–Trinajstić information content (AvgIpc) is 3.38. The average molecular weight is 401 g/mol. The standard InChI is InChI=1S/C21H19N7O2/c22-10-3-11-24-20-19(26-30-27-20)21-25-16-4-1-2-5-17(16)28(21)13-18(29)15-8-6-14(12-23)7-9-15/h1-2,4-9H,3,11-13,23H2,(H,24,27). The highest BCUT2D eigenvalue weighted by atomic mass is 16.6. The summed E-state index contributed by atoms with van der Waals surface area (Å²) in [5.41, 5.74) is 9.09. The fourth-order valence-electron chi connectivity index (χ4n) is 3.17. The SMILES string of the molecule is N#CCCNc1nonc1-c1nc2ccccc2n1CC(=O)c1ccc(CN)cc1. The molecule has 0 fully saturated rings. The van der Waals surface area contributed by atoms with Crippen molar-refractivity contribution in [3.8, 4) is 17.6 Å². The Morgan fingerprint density at radius 1 is 1.17 bits per heavy atom. The van der Waals surface area contributed by atoms with E-state index in [9.17, 15) is 4.79 Å². The number of para-hydroxylation sites is 2. The highest BCUT2D eigenvalue weighted by Gasteiger charge is 2.22. The summed E-state index contributed by atoms with van der Waals surface area (Å²) in [7, 11) is 0. The van der Waals surface area contributed by atoms with Crippen LogP contribution in [-0.4, -0.2) is 32.2 Å². The number of carbonyl (C=O) groups excluding carboxylic acids is 1. The first-order valence-electron chi connectivity index (χ1n) is 9.42. The molecule has 2 aromatic heterocycles. The van der Waals surface area contributed by atoms with Crippen LogP contribution in [0.15, 0.2) is 53.2 Å². The van der Waals surface area contributed by atoms with Gasteiger partial charge in [-0.15, -0.1) is 0 Å². The first-order valence-corrected chi connectivity index (χ1v) is 9.42. The van der Waals surface area contributed by atoms with Crippen molar-refractivity contribution in [1.82, 2.24) is 19.9 Å². The van der Waals surface area contributed by atoms with Crippen molar-refractivity contribution in [2.75, 3.05) is 11.9 Å². The lowest BCUT2D eigenvalue weighted by Crippen LogP contribution is -2.12. The third kappa shape index (κ3) is 3.76. The van der Waals surface area contributed by atoms with E-state index in [0.29, 0.717) is 42.4 Å². The molecule has 2 heterocycles. The molecule has 4 rings (SSSR count). The Labute approximate surface area is 172 Å². The van der Waals surface area contributed by atoms with Crippen LogP contribution in [0.3, 0.4) is 0 Å². The largest absolute Gasteiger partial charge is 0.364 e. The molecule has 30 heavy (non-hydrogen) atoms. The molecule has 9 heteroatoms. The number of nitrogens with two attached hydrogens (primary N) is 1. The lowest BCUT2D eigenvalue weighted by molar-refractivity contribution is 0.0974. The van der Waals surface area contributed by atoms with Crippen LogP contribution in [0.5, 0.6) is 0 Å². The third-order valence-corrected chi connectivity index (χ3v) is 4.70. The molecule has 0 radical (unpaired) electrons. The number of aromatic nitrogens is 4. The normalized spacial score (nSPS) is 10.8. The Kier molecular flexibility index (Phi) is 5.50. The van der Waals surface area contributed by atoms with Gasteiger partial charge in [0, 0.05) is 18.7 Å². The van der Waals surface area contributed by atoms with Gasteiger partial charge in [-0.25, -0.2) is 9.61 Å². The summed E-state index contributed by atoms with van der Waals surface area (Å²) < 4.78 is 6.70. The lowest BCUT2D eigenvalue weighted by atomic mass is 10.1. The molecule has 0 aliphatic carbocycles. The predicted octanol–water partition coefficient (Wildman–Crippen LogP) is 2.75. The first kappa shape index (κ1) is 19.3. The van der Waals surface area contributed by atoms with E-state index in [1.165, 1.54) is 0 Å². The van der Waals surface area contributed by atoms with E-state index < -0.39 is 0 Å². The maximum atomic E-state index is 13.0. The van der Waals surface area contributed by atoms with Gasteiger partial charge in [0.1, 0.15) is 0 Å². The van der Waals surface area contributed by atoms with Gasteiger partial charge in [-0.2, -0.15) is 5.26 Å². The number of hydrogen-bond donors (Lipinski definition) is 2. The van der Waals surface area contributed by atoms with E-state index in [2.05, 4.69) is 26.7 Å². The van der Waals surface area contributed by atoms with Crippen LogP contribution in [-0.2, 0) is 13.1 Å². The van der Waals surface area contributed by atoms with Crippen molar-refractivity contribution in [3.63, 3.8) is 0 Å². The first-order chi connectivity index (χ1) is 14.7. The lowest BCUT2D eigenvalue weighted by Gasteiger charge is -2.09. The molecule has 3 N–H and O–H groups in total. The van der Waals surface area contributed by atoms with Crippen LogP contribution < -0.4 is 11.1 Å². The molecule has 9 nitrogen and oxygen atoms in total. The summed E-state index contributed by atoms with van der Waals surface area (Å²) in [4.78, 5) is 17.6. The van der Waals surface area contributed by atoms with Gasteiger partial charge in [-0.3, -0.25) is 4.79 Å². The molecule has 0 spiro atoms. The van der Waals surface area contributed by atoms with Gasteiger partial charge in [0.05, 0.1) is 30.1 Å². The van der Waals surface area contributed by atoms with E-state index in [0.717, 1.165) is 16.6 Å². The quantitative estimate of drug-likeness (QED) is 0.340. The highest BCUT2D eigenvalue weighted by Crippen LogP contribution is 2.28. The van der Waals surface area contributed by atoms with Crippen molar-refractivity contribution in [1.29, 1.82) is 5.26 Å². The van der Waals surface area contributed by atoms with E-state index >= 15 is 0 Å². The Morgan fingerprint density at radius 3 is 2.73 bits per heavy atom. The summed E-state index contributed by atoms with van der Waals surface area (Å²) >= 11 is 0. The van der Waals surface area contributed by atoms with Gasteiger partial charge < -0.3 is 15.6 Å². The minimum Gasteiger partial charge on any atom is -0.364 e. The van der Waals surface area contributed by atoms with Gasteiger partial charge in [0.2, 0.25) is 5.82 Å². The van der Waals surface area contributed by atoms with Gasteiger partial charge in [0.25, 0.3) is 0 Å². The zero-order valence-corrected chi connectivity index (χ0v) is 16.1. The smallest absolute Gasteiger partial charge is 0.202 e. The van der Waals surface area contributed by atoms with Crippen molar-refractivity contribution >= 4 is 22.6 Å². The van der Waals surface area contributed by atoms with Crippen LogP contribution in [0, 0.1) is 11.3 Å². The molecule has 4 aromatic rings. The Hall–Kier alpha value is -4.03. The fourth-order valence-corrected chi connectivity index (χ4v) is 3.17. The van der Waals surface area contributed by atoms with Gasteiger partial charge in [-0.1, -0.05) is 36.4 Å². The Bertz CT molecular complexity index is 1220. The van der Waals surface area contributed by atoms with E-state index in [-0.39, 0.29) is 12.3 Å². The Morgan fingerprint density at radius 2 is 1.97 bits per heavy atom. The van der Waals surface area contributed by atoms with Gasteiger partial charge >= 0.3 is 0 Å². The number of imidazole rings is 1. The number of nitrogens with zero attached hydrogens (tertiary/aromatic N) is 5. The Balaban J connectivity index is 1.72. The molecule has 150 valence electrons. The second-order valence-electron chi connectivity index (χ2n) is 6.63. The topological polar surface area (TPSA) is 136 Å². The molecule has 0 amide bonds. The van der Waals surface area contributed by atoms with Crippen molar-refractivity contribution in [2.24, 2.45) is 5.73 Å². The molecular formula is C21H19N7O2. The maximum Gasteiger partial charge on any atom is 0.202 e. The van der Waals surface area contributed by atoms with E-state index in [1.54, 1.807) is 16.7 Å². The number of Topliss-reactive ketones (excluding diaryl/α,β-unsaturated/α-hetero) is 1. The zero-order valence-electron chi connectivity index (χ0n) is 16.1. The van der Waals surface area contributed by atoms with Crippen LogP contribution in [0.2, 0.25) is 0 Å². The molecule has 0 aliphatic heterocycles. The third-order valence-electron chi connectivity index (χ3n) is 4.70. The number of nitrogens with one attached hydrogen (secondary N) is 1. The molecular weight excluding hydrogens is 382 g/mol. The van der Waals surface area contributed by atoms with Crippen LogP contribution >= 0.6 is 0 Å². The molecule has 0 aliphatic rings. The zero-order chi connectivity index (χ0) is 20.9. The number of fused-ring (bicyclic) bond motifs is 1. The van der Waals surface area contributed by atoms with Gasteiger partial charge in [0.15, 0.2) is 17.3 Å². The number of hydrogen-bond acceptors (Lipinski definition) is 8. The predicted molar refractivity (Wildman–Crippen MR) is 110 cm³/mol. The molecule has 0 bridgehead atoms. The van der Waals surface area contributed by atoms with E-state index in [4.69, 9.17) is 15.6 Å². The van der Waals surface area contributed by atoms with Crippen LogP contribution in [0.25, 0.3) is 22.6 Å². The van der Waals surface area contributed by atoms with Crippen LogP contribution in [0.1, 0.15) is 22.3 Å². The number of nitriles is 1. The van der Waals surface area contributed by atoms with Crippen LogP contribution in [0.4, 0.5) is 5.82 Å². The molecule has 2 aromatic carbocycles. The minimum absolute atomic E-state index is 0.0709. The van der Waals surface area contributed by atoms with E-state index in [1.807, 2.05) is 36.4 Å². The highest BCUT2D eigenvalue weighted by molar-refractivity contribution is 5.97. The molecule has 0 saturated carbocycles. The summed E-state index contributed by atoms with van der Waals surface area (Å²) in [6.45, 7) is 0.887. The summed E-state index contributed by atoms with van der Waals surface area (Å²) in [5.74, 6) is 0.767. The van der Waals surface area contributed by atoms with Crippen molar-refractivity contribution < 1.29 is 9.42 Å². The number of anilines is 1. The summed E-state index contributed by atoms with van der Waals surface area (Å²) in [6, 6.07) is 16.8. The second kappa shape index (κ2) is 8.55. The van der Waals surface area contributed by atoms with Crippen molar-refractivity contribution in [3.05, 3.63) is 59.7 Å². The number of carbonyl (C=O) groups is 1. The number of rotatable bonds is 8. The van der Waals surface area contributed by atoms with Crippen molar-refractivity contribution in [2.45, 2.75) is 19.5 Å². The number of ketones is 1. The second-order valence-corrected chi connectivity index (χ2v) is 6.63. The summed E-state index contributed by atoms with van der Waals surface area (Å²) in [6.07, 6.45) is 0.306. The molecule has 0 unspecified atom stereocenters. The molecule has 0 atom stereocenters. The molecule has 0 saturated heterocycles. The maximum absolute atomic E-state index is 13.0. The summed E-state index contributed by atoms with van der Waals surface area (Å²) in [5, 5.41) is 19.6. The minimum atomic E-state index is -0.0709. The monoisotopic (exact) mass is 401 g/mol.